The molecular formula is C16H13N3O2. The Morgan fingerprint density at radius 3 is 2.71 bits per heavy atom. The van der Waals surface area contributed by atoms with Crippen LogP contribution < -0.4 is 0 Å². The smallest absolute Gasteiger partial charge is 0.258 e. The van der Waals surface area contributed by atoms with Crippen LogP contribution in [0.4, 0.5) is 11.4 Å². The Hall–Kier alpha value is -3.00. The van der Waals surface area contributed by atoms with E-state index in [4.69, 9.17) is 5.26 Å². The molecule has 0 unspecified atom stereocenters. The van der Waals surface area contributed by atoms with Crippen LogP contribution in [0.3, 0.4) is 0 Å². The first-order chi connectivity index (χ1) is 10.0. The van der Waals surface area contributed by atoms with Gasteiger partial charge in [-0.05, 0) is 37.1 Å². The number of aliphatic imine (C=N–C) groups is 1. The Balaban J connectivity index is 2.45. The Morgan fingerprint density at radius 2 is 2.05 bits per heavy atom. The van der Waals surface area contributed by atoms with E-state index in [1.165, 1.54) is 12.1 Å². The van der Waals surface area contributed by atoms with Crippen LogP contribution in [0, 0.1) is 28.4 Å². The third-order valence-electron chi connectivity index (χ3n) is 3.10. The quantitative estimate of drug-likeness (QED) is 0.485. The van der Waals surface area contributed by atoms with Gasteiger partial charge in [-0.1, -0.05) is 18.2 Å². The number of rotatable bonds is 3. The van der Waals surface area contributed by atoms with Crippen LogP contribution in [0.25, 0.3) is 0 Å². The molecule has 5 nitrogen and oxygen atoms in total. The summed E-state index contributed by atoms with van der Waals surface area (Å²) in [6, 6.07) is 13.8. The molecule has 0 radical (unpaired) electrons. The van der Waals surface area contributed by atoms with Gasteiger partial charge < -0.3 is 0 Å². The van der Waals surface area contributed by atoms with E-state index in [9.17, 15) is 10.1 Å². The second-order valence-corrected chi connectivity index (χ2v) is 4.62. The molecule has 2 rings (SSSR count). The molecule has 0 amide bonds. The molecule has 0 heterocycles. The van der Waals surface area contributed by atoms with Gasteiger partial charge in [-0.2, -0.15) is 5.26 Å². The second kappa shape index (κ2) is 5.97. The lowest BCUT2D eigenvalue weighted by molar-refractivity contribution is -0.384. The fraction of sp³-hybridized carbons (Fsp3) is 0.125. The molecular weight excluding hydrogens is 266 g/mol. The molecule has 2 aromatic rings. The van der Waals surface area contributed by atoms with Crippen molar-refractivity contribution >= 4 is 17.1 Å². The Labute approximate surface area is 122 Å². The minimum Gasteiger partial charge on any atom is -0.258 e. The van der Waals surface area contributed by atoms with Gasteiger partial charge in [-0.3, -0.25) is 15.1 Å². The van der Waals surface area contributed by atoms with Crippen molar-refractivity contribution in [2.24, 2.45) is 4.99 Å². The van der Waals surface area contributed by atoms with E-state index >= 15 is 0 Å². The lowest BCUT2D eigenvalue weighted by Gasteiger charge is -2.04. The van der Waals surface area contributed by atoms with Gasteiger partial charge in [-0.25, -0.2) is 0 Å². The molecule has 2 aromatic carbocycles. The van der Waals surface area contributed by atoms with Crippen molar-refractivity contribution in [3.05, 3.63) is 69.3 Å². The van der Waals surface area contributed by atoms with Crippen molar-refractivity contribution in [3.8, 4) is 6.07 Å². The standard InChI is InChI=1S/C16H13N3O2/c1-11-6-7-15(19(20)21)9-16(11)18-12(2)14-5-3-4-13(8-14)10-17/h3-9H,1-2H3. The Bertz CT molecular complexity index is 773. The summed E-state index contributed by atoms with van der Waals surface area (Å²) in [5.74, 6) is 0. The minimum atomic E-state index is -0.440. The summed E-state index contributed by atoms with van der Waals surface area (Å²) in [4.78, 5) is 14.8. The second-order valence-electron chi connectivity index (χ2n) is 4.62. The van der Waals surface area contributed by atoms with Crippen LogP contribution in [0.15, 0.2) is 47.5 Å². The molecule has 0 aromatic heterocycles. The summed E-state index contributed by atoms with van der Waals surface area (Å²) in [5, 5.41) is 19.7. The molecule has 0 atom stereocenters. The van der Waals surface area contributed by atoms with Gasteiger partial charge in [0.15, 0.2) is 0 Å². The number of nitrogens with zero attached hydrogens (tertiary/aromatic N) is 3. The van der Waals surface area contributed by atoms with Crippen LogP contribution in [0.1, 0.15) is 23.6 Å². The highest BCUT2D eigenvalue weighted by Gasteiger charge is 2.09. The number of hydrogen-bond donors (Lipinski definition) is 0. The average Bonchev–Trinajstić information content (AvgIpc) is 2.49. The monoisotopic (exact) mass is 279 g/mol. The van der Waals surface area contributed by atoms with Crippen molar-refractivity contribution in [1.29, 1.82) is 5.26 Å². The highest BCUT2D eigenvalue weighted by atomic mass is 16.6. The van der Waals surface area contributed by atoms with Gasteiger partial charge in [0, 0.05) is 17.8 Å². The van der Waals surface area contributed by atoms with Crippen LogP contribution in [-0.4, -0.2) is 10.6 Å². The lowest BCUT2D eigenvalue weighted by atomic mass is 10.1. The van der Waals surface area contributed by atoms with E-state index < -0.39 is 4.92 Å². The summed E-state index contributed by atoms with van der Waals surface area (Å²) < 4.78 is 0. The number of benzene rings is 2. The van der Waals surface area contributed by atoms with E-state index in [2.05, 4.69) is 11.1 Å². The molecule has 0 N–H and O–H groups in total. The Kier molecular flexibility index (Phi) is 4.10. The fourth-order valence-corrected chi connectivity index (χ4v) is 1.89. The van der Waals surface area contributed by atoms with E-state index in [-0.39, 0.29) is 5.69 Å². The van der Waals surface area contributed by atoms with Gasteiger partial charge in [0.25, 0.3) is 5.69 Å². The number of aryl methyl sites for hydroxylation is 1. The van der Waals surface area contributed by atoms with Gasteiger partial charge in [0.2, 0.25) is 0 Å². The van der Waals surface area contributed by atoms with Crippen molar-refractivity contribution in [3.63, 3.8) is 0 Å². The van der Waals surface area contributed by atoms with Crippen molar-refractivity contribution < 1.29 is 4.92 Å². The van der Waals surface area contributed by atoms with Gasteiger partial charge in [0.1, 0.15) is 0 Å². The van der Waals surface area contributed by atoms with E-state index in [1.54, 1.807) is 24.3 Å². The van der Waals surface area contributed by atoms with Gasteiger partial charge in [0.05, 0.1) is 22.2 Å². The molecule has 0 saturated heterocycles. The van der Waals surface area contributed by atoms with Crippen LogP contribution in [0.5, 0.6) is 0 Å². The number of hydrogen-bond acceptors (Lipinski definition) is 4. The predicted molar refractivity (Wildman–Crippen MR) is 80.9 cm³/mol. The maximum Gasteiger partial charge on any atom is 0.271 e. The number of nitriles is 1. The van der Waals surface area contributed by atoms with Gasteiger partial charge >= 0.3 is 0 Å². The van der Waals surface area contributed by atoms with E-state index in [0.29, 0.717) is 17.0 Å². The molecule has 21 heavy (non-hydrogen) atoms. The van der Waals surface area contributed by atoms with Gasteiger partial charge in [-0.15, -0.1) is 0 Å². The predicted octanol–water partition coefficient (Wildman–Crippen LogP) is 3.92. The number of nitro benzene ring substituents is 1. The molecule has 0 spiro atoms. The topological polar surface area (TPSA) is 79.3 Å². The molecule has 0 fully saturated rings. The molecule has 0 saturated carbocycles. The highest BCUT2D eigenvalue weighted by molar-refractivity contribution is 6.00. The summed E-state index contributed by atoms with van der Waals surface area (Å²) in [5.41, 5.74) is 3.51. The first kappa shape index (κ1) is 14.4. The summed E-state index contributed by atoms with van der Waals surface area (Å²) in [6.45, 7) is 3.66. The SMILES string of the molecule is CC(=Nc1cc([N+](=O)[O-])ccc1C)c1cccc(C#N)c1. The zero-order valence-electron chi connectivity index (χ0n) is 11.7. The third-order valence-corrected chi connectivity index (χ3v) is 3.10. The highest BCUT2D eigenvalue weighted by Crippen LogP contribution is 2.25. The van der Waals surface area contributed by atoms with Crippen molar-refractivity contribution in [2.75, 3.05) is 0 Å². The maximum atomic E-state index is 10.8. The molecule has 5 heteroatoms. The fourth-order valence-electron chi connectivity index (χ4n) is 1.89. The van der Waals surface area contributed by atoms with E-state index in [0.717, 1.165) is 11.1 Å². The largest absolute Gasteiger partial charge is 0.271 e. The molecule has 0 aliphatic heterocycles. The maximum absolute atomic E-state index is 10.8. The zero-order valence-corrected chi connectivity index (χ0v) is 11.7. The molecule has 0 bridgehead atoms. The molecule has 0 aliphatic rings. The number of non-ortho nitro benzene ring substituents is 1. The Morgan fingerprint density at radius 1 is 1.29 bits per heavy atom. The average molecular weight is 279 g/mol. The lowest BCUT2D eigenvalue weighted by Crippen LogP contribution is -1.95. The van der Waals surface area contributed by atoms with Crippen molar-refractivity contribution in [1.82, 2.24) is 0 Å². The van der Waals surface area contributed by atoms with Crippen LogP contribution in [0.2, 0.25) is 0 Å². The molecule has 0 aliphatic carbocycles. The summed E-state index contributed by atoms with van der Waals surface area (Å²) in [6.07, 6.45) is 0. The van der Waals surface area contributed by atoms with Crippen molar-refractivity contribution in [2.45, 2.75) is 13.8 Å². The molecule has 104 valence electrons. The van der Waals surface area contributed by atoms with Crippen LogP contribution >= 0.6 is 0 Å². The zero-order chi connectivity index (χ0) is 15.4. The minimum absolute atomic E-state index is 0.0120. The van der Waals surface area contributed by atoms with Crippen LogP contribution in [-0.2, 0) is 0 Å². The number of nitro groups is 1. The summed E-state index contributed by atoms with van der Waals surface area (Å²) in [7, 11) is 0. The summed E-state index contributed by atoms with van der Waals surface area (Å²) >= 11 is 0. The normalized spacial score (nSPS) is 11.0. The third kappa shape index (κ3) is 3.31. The van der Waals surface area contributed by atoms with E-state index in [1.807, 2.05) is 19.9 Å². The first-order valence-electron chi connectivity index (χ1n) is 6.32. The first-order valence-corrected chi connectivity index (χ1v) is 6.32.